The van der Waals surface area contributed by atoms with Crippen LogP contribution in [0.25, 0.3) is 11.1 Å². The van der Waals surface area contributed by atoms with E-state index >= 15 is 4.39 Å². The first-order chi connectivity index (χ1) is 15.1. The van der Waals surface area contributed by atoms with Gasteiger partial charge in [0.15, 0.2) is 0 Å². The highest BCUT2D eigenvalue weighted by molar-refractivity contribution is 5.64. The number of hydrogen-bond acceptors (Lipinski definition) is 1. The number of benzene rings is 2. The maximum Gasteiger partial charge on any atom is 0.127 e. The number of nitrogens with one attached hydrogen (secondary N) is 1. The van der Waals surface area contributed by atoms with Gasteiger partial charge in [0.05, 0.1) is 0 Å². The summed E-state index contributed by atoms with van der Waals surface area (Å²) in [5, 5.41) is 3.78. The fourth-order valence-electron chi connectivity index (χ4n) is 7.61. The molecule has 2 fully saturated rings. The molecule has 1 aliphatic heterocycles. The molecule has 0 amide bonds. The second-order valence-corrected chi connectivity index (χ2v) is 14.0. The molecule has 1 nitrogen and oxygen atoms in total. The monoisotopic (exact) mass is 449 g/mol. The standard InChI is InChI=1S/C31H44FN/c1-28(2)16-25(17-29(3,4)20-28)26-14-13-23(15-27(26)32)21-9-11-22(12-10-21)24-18-30(5,6)33-31(7,8)19-24/h9-15,24-25,33H,16-20H2,1-8H3. The number of halogens is 1. The van der Waals surface area contributed by atoms with Crippen LogP contribution in [0.3, 0.4) is 0 Å². The number of piperidine rings is 1. The van der Waals surface area contributed by atoms with Gasteiger partial charge in [0, 0.05) is 11.1 Å². The molecule has 0 atom stereocenters. The molecular weight excluding hydrogens is 405 g/mol. The van der Waals surface area contributed by atoms with Crippen LogP contribution < -0.4 is 5.32 Å². The molecule has 0 unspecified atom stereocenters. The fourth-order valence-corrected chi connectivity index (χ4v) is 7.61. The Morgan fingerprint density at radius 1 is 0.667 bits per heavy atom. The average Bonchev–Trinajstić information content (AvgIpc) is 2.63. The minimum Gasteiger partial charge on any atom is -0.307 e. The summed E-state index contributed by atoms with van der Waals surface area (Å²) >= 11 is 0. The van der Waals surface area contributed by atoms with Gasteiger partial charge in [-0.05, 0) is 111 Å². The minimum atomic E-state index is -0.0445. The third-order valence-electron chi connectivity index (χ3n) is 7.90. The van der Waals surface area contributed by atoms with Gasteiger partial charge >= 0.3 is 0 Å². The molecule has 4 rings (SSSR count). The maximum absolute atomic E-state index is 15.4. The van der Waals surface area contributed by atoms with Crippen LogP contribution in [0.2, 0.25) is 0 Å². The van der Waals surface area contributed by atoms with Crippen LogP contribution in [0.4, 0.5) is 4.39 Å². The number of rotatable bonds is 3. The topological polar surface area (TPSA) is 12.0 Å². The van der Waals surface area contributed by atoms with E-state index in [1.807, 2.05) is 0 Å². The van der Waals surface area contributed by atoms with E-state index in [0.717, 1.165) is 42.4 Å². The zero-order chi connectivity index (χ0) is 24.2. The van der Waals surface area contributed by atoms with Gasteiger partial charge in [-0.25, -0.2) is 4.39 Å². The molecule has 2 aromatic rings. The summed E-state index contributed by atoms with van der Waals surface area (Å²) in [6.07, 6.45) is 5.59. The Balaban J connectivity index is 1.54. The summed E-state index contributed by atoms with van der Waals surface area (Å²) in [5.41, 5.74) is 5.14. The van der Waals surface area contributed by atoms with E-state index in [1.165, 1.54) is 12.0 Å². The third kappa shape index (κ3) is 5.70. The molecule has 1 N–H and O–H groups in total. The van der Waals surface area contributed by atoms with Crippen molar-refractivity contribution in [1.82, 2.24) is 5.32 Å². The van der Waals surface area contributed by atoms with Gasteiger partial charge in [-0.2, -0.15) is 0 Å². The van der Waals surface area contributed by atoms with E-state index in [-0.39, 0.29) is 27.7 Å². The predicted octanol–water partition coefficient (Wildman–Crippen LogP) is 8.84. The lowest BCUT2D eigenvalue weighted by atomic mass is 9.60. The average molecular weight is 450 g/mol. The van der Waals surface area contributed by atoms with Gasteiger partial charge in [-0.1, -0.05) is 64.1 Å². The van der Waals surface area contributed by atoms with Crippen LogP contribution in [0, 0.1) is 16.6 Å². The summed E-state index contributed by atoms with van der Waals surface area (Å²) in [4.78, 5) is 0. The van der Waals surface area contributed by atoms with Crippen molar-refractivity contribution < 1.29 is 4.39 Å². The first kappa shape index (κ1) is 24.5. The normalized spacial score (nSPS) is 24.5. The Labute approximate surface area is 201 Å². The molecule has 0 aromatic heterocycles. The first-order valence-electron chi connectivity index (χ1n) is 12.8. The maximum atomic E-state index is 15.4. The Kier molecular flexibility index (Phi) is 6.09. The first-order valence-corrected chi connectivity index (χ1v) is 12.8. The van der Waals surface area contributed by atoms with E-state index in [0.29, 0.717) is 11.8 Å². The van der Waals surface area contributed by atoms with Crippen LogP contribution in [-0.4, -0.2) is 11.1 Å². The second kappa shape index (κ2) is 8.22. The van der Waals surface area contributed by atoms with Crippen LogP contribution in [0.15, 0.2) is 42.5 Å². The van der Waals surface area contributed by atoms with Gasteiger partial charge in [0.25, 0.3) is 0 Å². The highest BCUT2D eigenvalue weighted by atomic mass is 19.1. The zero-order valence-electron chi connectivity index (χ0n) is 22.1. The van der Waals surface area contributed by atoms with Crippen LogP contribution in [-0.2, 0) is 0 Å². The second-order valence-electron chi connectivity index (χ2n) is 14.0. The molecule has 0 spiro atoms. The Hall–Kier alpha value is -1.67. The van der Waals surface area contributed by atoms with Crippen LogP contribution in [0.5, 0.6) is 0 Å². The third-order valence-corrected chi connectivity index (χ3v) is 7.90. The van der Waals surface area contributed by atoms with Crippen LogP contribution >= 0.6 is 0 Å². The van der Waals surface area contributed by atoms with Crippen molar-refractivity contribution in [1.29, 1.82) is 0 Å². The van der Waals surface area contributed by atoms with Crippen molar-refractivity contribution in [2.45, 2.75) is 110 Å². The summed E-state index contributed by atoms with van der Waals surface area (Å²) in [5.74, 6) is 0.797. The van der Waals surface area contributed by atoms with E-state index < -0.39 is 0 Å². The molecule has 2 aromatic carbocycles. The molecule has 0 bridgehead atoms. The van der Waals surface area contributed by atoms with Crippen molar-refractivity contribution in [3.05, 3.63) is 59.4 Å². The van der Waals surface area contributed by atoms with Gasteiger partial charge in [0.1, 0.15) is 5.82 Å². The highest BCUT2D eigenvalue weighted by Gasteiger charge is 2.40. The van der Waals surface area contributed by atoms with E-state index in [1.54, 1.807) is 6.07 Å². The van der Waals surface area contributed by atoms with Gasteiger partial charge in [-0.15, -0.1) is 0 Å². The Bertz CT molecular complexity index is 964. The SMILES string of the molecule is CC1(C)CC(c2ccc(-c3ccc(C4CC(C)(C)NC(C)(C)C4)cc3)cc2F)CC(C)(C)C1. The minimum absolute atomic E-state index is 0.0445. The molecule has 180 valence electrons. The summed E-state index contributed by atoms with van der Waals surface area (Å²) in [6.45, 7) is 18.5. The quantitative estimate of drug-likeness (QED) is 0.493. The zero-order valence-corrected chi connectivity index (χ0v) is 22.1. The summed E-state index contributed by atoms with van der Waals surface area (Å²) < 4.78 is 15.4. The van der Waals surface area contributed by atoms with Gasteiger partial charge in [-0.3, -0.25) is 0 Å². The molecule has 0 radical (unpaired) electrons. The van der Waals surface area contributed by atoms with Crippen molar-refractivity contribution >= 4 is 0 Å². The fraction of sp³-hybridized carbons (Fsp3) is 0.613. The molecule has 1 saturated carbocycles. The summed E-state index contributed by atoms with van der Waals surface area (Å²) in [7, 11) is 0. The van der Waals surface area contributed by atoms with Crippen LogP contribution in [0.1, 0.15) is 110 Å². The van der Waals surface area contributed by atoms with Crippen molar-refractivity contribution in [2.75, 3.05) is 0 Å². The molecule has 1 aliphatic carbocycles. The van der Waals surface area contributed by atoms with Crippen molar-refractivity contribution in [3.63, 3.8) is 0 Å². The molecule has 2 heteroatoms. The predicted molar refractivity (Wildman–Crippen MR) is 139 cm³/mol. The Morgan fingerprint density at radius 3 is 1.70 bits per heavy atom. The van der Waals surface area contributed by atoms with Crippen molar-refractivity contribution in [2.24, 2.45) is 10.8 Å². The lowest BCUT2D eigenvalue weighted by Gasteiger charge is -2.46. The summed E-state index contributed by atoms with van der Waals surface area (Å²) in [6, 6.07) is 14.8. The lowest BCUT2D eigenvalue weighted by Crippen LogP contribution is -2.57. The molecule has 1 heterocycles. The lowest BCUT2D eigenvalue weighted by molar-refractivity contribution is 0.0957. The Morgan fingerprint density at radius 2 is 1.18 bits per heavy atom. The van der Waals surface area contributed by atoms with Gasteiger partial charge in [0.2, 0.25) is 0 Å². The van der Waals surface area contributed by atoms with E-state index in [2.05, 4.69) is 97.1 Å². The largest absolute Gasteiger partial charge is 0.307 e. The molecule has 33 heavy (non-hydrogen) atoms. The van der Waals surface area contributed by atoms with E-state index in [9.17, 15) is 0 Å². The van der Waals surface area contributed by atoms with Crippen molar-refractivity contribution in [3.8, 4) is 11.1 Å². The molecular formula is C31H44FN. The van der Waals surface area contributed by atoms with E-state index in [4.69, 9.17) is 0 Å². The highest BCUT2D eigenvalue weighted by Crippen LogP contribution is 2.52. The smallest absolute Gasteiger partial charge is 0.127 e. The molecule has 1 saturated heterocycles. The molecule has 2 aliphatic rings. The number of hydrogen-bond donors (Lipinski definition) is 1. The van der Waals surface area contributed by atoms with Gasteiger partial charge < -0.3 is 5.32 Å².